The summed E-state index contributed by atoms with van der Waals surface area (Å²) in [5, 5.41) is 13.2. The number of rotatable bonds is 5. The average Bonchev–Trinajstić information content (AvgIpc) is 2.97. The van der Waals surface area contributed by atoms with Crippen molar-refractivity contribution in [1.82, 2.24) is 5.32 Å². The molecule has 2 atom stereocenters. The largest absolute Gasteiger partial charge is 0.479 e. The quantitative estimate of drug-likeness (QED) is 0.879. The van der Waals surface area contributed by atoms with Crippen LogP contribution in [0.25, 0.3) is 11.0 Å². The number of carbonyl (C=O) groups is 2. The number of benzene rings is 1. The minimum atomic E-state index is -1.36. The summed E-state index contributed by atoms with van der Waals surface area (Å²) in [6.07, 6.45) is 1.39. The molecule has 24 heavy (non-hydrogen) atoms. The van der Waals surface area contributed by atoms with Gasteiger partial charge in [-0.15, -0.1) is 0 Å². The number of hydrogen-bond acceptors (Lipinski definition) is 4. The molecule has 3 rings (SSSR count). The highest BCUT2D eigenvalue weighted by atomic mass is 16.5. The number of fused-ring (bicyclic) bond motifs is 1. The highest BCUT2D eigenvalue weighted by Crippen LogP contribution is 2.51. The molecule has 0 aliphatic heterocycles. The summed E-state index contributed by atoms with van der Waals surface area (Å²) in [4.78, 5) is 24.7. The molecule has 128 valence electrons. The van der Waals surface area contributed by atoms with Crippen molar-refractivity contribution in [3.63, 3.8) is 0 Å². The summed E-state index contributed by atoms with van der Waals surface area (Å²) in [5.41, 5.74) is -1.15. The van der Waals surface area contributed by atoms with E-state index in [0.29, 0.717) is 23.1 Å². The molecule has 1 saturated carbocycles. The zero-order chi connectivity index (χ0) is 17.5. The summed E-state index contributed by atoms with van der Waals surface area (Å²) < 4.78 is 11.0. The Bertz CT molecular complexity index is 794. The van der Waals surface area contributed by atoms with Crippen LogP contribution < -0.4 is 5.32 Å². The summed E-state index contributed by atoms with van der Waals surface area (Å²) in [5.74, 6) is -1.50. The number of amides is 1. The maximum Gasteiger partial charge on any atom is 0.330 e. The van der Waals surface area contributed by atoms with Crippen LogP contribution in [0.5, 0.6) is 0 Å². The minimum Gasteiger partial charge on any atom is -0.479 e. The van der Waals surface area contributed by atoms with E-state index in [0.717, 1.165) is 0 Å². The van der Waals surface area contributed by atoms with E-state index < -0.39 is 22.8 Å². The normalized spacial score (nSPS) is 25.2. The van der Waals surface area contributed by atoms with Gasteiger partial charge in [0.2, 0.25) is 0 Å². The molecule has 6 nitrogen and oxygen atoms in total. The average molecular weight is 331 g/mol. The Morgan fingerprint density at radius 2 is 2.08 bits per heavy atom. The fourth-order valence-corrected chi connectivity index (χ4v) is 3.45. The van der Waals surface area contributed by atoms with Gasteiger partial charge in [0, 0.05) is 23.8 Å². The van der Waals surface area contributed by atoms with E-state index in [9.17, 15) is 14.7 Å². The third-order valence-electron chi connectivity index (χ3n) is 5.18. The zero-order valence-corrected chi connectivity index (χ0v) is 14.0. The second-order valence-corrected chi connectivity index (χ2v) is 6.68. The van der Waals surface area contributed by atoms with Crippen molar-refractivity contribution in [3.8, 4) is 0 Å². The predicted molar refractivity (Wildman–Crippen MR) is 87.9 cm³/mol. The van der Waals surface area contributed by atoms with Gasteiger partial charge in [-0.05, 0) is 13.0 Å². The predicted octanol–water partition coefficient (Wildman–Crippen LogP) is 2.82. The lowest BCUT2D eigenvalue weighted by Crippen LogP contribution is -2.76. The molecule has 0 spiro atoms. The number of carboxylic acids is 1. The summed E-state index contributed by atoms with van der Waals surface area (Å²) in [7, 11) is 0. The van der Waals surface area contributed by atoms with Gasteiger partial charge < -0.3 is 19.6 Å². The van der Waals surface area contributed by atoms with Crippen LogP contribution in [0.1, 0.15) is 37.6 Å². The Morgan fingerprint density at radius 1 is 1.38 bits per heavy atom. The van der Waals surface area contributed by atoms with Gasteiger partial charge in [-0.2, -0.15) is 0 Å². The van der Waals surface area contributed by atoms with Crippen molar-refractivity contribution in [2.24, 2.45) is 5.41 Å². The minimum absolute atomic E-state index is 0.208. The highest BCUT2D eigenvalue weighted by molar-refractivity contribution is 6.07. The van der Waals surface area contributed by atoms with Crippen molar-refractivity contribution >= 4 is 22.8 Å². The molecule has 1 aliphatic carbocycles. The lowest BCUT2D eigenvalue weighted by Gasteiger charge is -2.58. The number of hydrogen-bond donors (Lipinski definition) is 2. The van der Waals surface area contributed by atoms with Crippen molar-refractivity contribution < 1.29 is 23.8 Å². The van der Waals surface area contributed by atoms with Gasteiger partial charge in [-0.25, -0.2) is 4.79 Å². The van der Waals surface area contributed by atoms with Gasteiger partial charge in [0.1, 0.15) is 17.4 Å². The van der Waals surface area contributed by atoms with E-state index in [-0.39, 0.29) is 12.5 Å². The molecule has 1 fully saturated rings. The fraction of sp³-hybridized carbons (Fsp3) is 0.444. The van der Waals surface area contributed by atoms with Crippen molar-refractivity contribution in [2.75, 3.05) is 6.61 Å². The first-order valence-corrected chi connectivity index (χ1v) is 7.97. The summed E-state index contributed by atoms with van der Waals surface area (Å²) >= 11 is 0. The van der Waals surface area contributed by atoms with Crippen LogP contribution in [0.3, 0.4) is 0 Å². The van der Waals surface area contributed by atoms with Crippen LogP contribution in [0.2, 0.25) is 0 Å². The molecule has 6 heteroatoms. The lowest BCUT2D eigenvalue weighted by atomic mass is 9.54. The van der Waals surface area contributed by atoms with Crippen molar-refractivity contribution in [3.05, 3.63) is 36.1 Å². The van der Waals surface area contributed by atoms with E-state index in [2.05, 4.69) is 5.32 Å². The Hall–Kier alpha value is -2.34. The fourth-order valence-electron chi connectivity index (χ4n) is 3.45. The number of nitrogens with one attached hydrogen (secondary N) is 1. The van der Waals surface area contributed by atoms with Crippen LogP contribution in [0.15, 0.2) is 34.9 Å². The van der Waals surface area contributed by atoms with Gasteiger partial charge in [0.15, 0.2) is 0 Å². The van der Waals surface area contributed by atoms with Crippen LogP contribution in [-0.2, 0) is 9.53 Å². The molecular weight excluding hydrogens is 310 g/mol. The number of carbonyl (C=O) groups excluding carboxylic acids is 1. The molecule has 2 unspecified atom stereocenters. The maximum atomic E-state index is 12.7. The topological polar surface area (TPSA) is 88.8 Å². The number of para-hydroxylation sites is 1. The third kappa shape index (κ3) is 2.21. The van der Waals surface area contributed by atoms with Crippen LogP contribution in [0.4, 0.5) is 0 Å². The molecule has 2 aromatic rings. The molecule has 1 amide bonds. The lowest BCUT2D eigenvalue weighted by molar-refractivity contribution is -0.190. The monoisotopic (exact) mass is 331 g/mol. The summed E-state index contributed by atoms with van der Waals surface area (Å²) in [6, 6.07) is 7.15. The summed E-state index contributed by atoms with van der Waals surface area (Å²) in [6.45, 7) is 5.98. The molecular formula is C18H21NO5. The molecule has 0 bridgehead atoms. The second-order valence-electron chi connectivity index (χ2n) is 6.68. The van der Waals surface area contributed by atoms with Gasteiger partial charge in [-0.3, -0.25) is 4.79 Å². The van der Waals surface area contributed by atoms with E-state index >= 15 is 0 Å². The van der Waals surface area contributed by atoms with E-state index in [1.165, 1.54) is 6.26 Å². The van der Waals surface area contributed by atoms with Crippen LogP contribution in [0, 0.1) is 5.41 Å². The standard InChI is InChI=1S/C18H21NO5/c1-4-23-14-9-18(16(21)22,17(14,2)3)19-15(20)12-10-24-13-8-6-5-7-11(12)13/h5-8,10,14H,4,9H2,1-3H3,(H,19,20)(H,21,22). The number of ether oxygens (including phenoxy) is 1. The SMILES string of the molecule is CCOC1CC(NC(=O)c2coc3ccccc23)(C(=O)O)C1(C)C. The molecule has 1 aromatic heterocycles. The first-order valence-electron chi connectivity index (χ1n) is 7.97. The maximum absolute atomic E-state index is 12.7. The van der Waals surface area contributed by atoms with Crippen LogP contribution in [-0.4, -0.2) is 35.2 Å². The first kappa shape index (κ1) is 16.5. The second kappa shape index (κ2) is 5.63. The number of furan rings is 1. The number of aliphatic carboxylic acids is 1. The first-order chi connectivity index (χ1) is 11.3. The Morgan fingerprint density at radius 3 is 2.71 bits per heavy atom. The van der Waals surface area contributed by atoms with Crippen molar-refractivity contribution in [2.45, 2.75) is 38.8 Å². The molecule has 2 N–H and O–H groups in total. The Labute approximate surface area is 139 Å². The molecule has 1 aromatic carbocycles. The van der Waals surface area contributed by atoms with Gasteiger partial charge in [-0.1, -0.05) is 32.0 Å². The van der Waals surface area contributed by atoms with E-state index in [1.54, 1.807) is 32.0 Å². The van der Waals surface area contributed by atoms with Gasteiger partial charge >= 0.3 is 5.97 Å². The van der Waals surface area contributed by atoms with Gasteiger partial charge in [0.05, 0.1) is 11.7 Å². The molecule has 1 heterocycles. The molecule has 0 saturated heterocycles. The van der Waals surface area contributed by atoms with E-state index in [1.807, 2.05) is 13.0 Å². The van der Waals surface area contributed by atoms with E-state index in [4.69, 9.17) is 9.15 Å². The van der Waals surface area contributed by atoms with Crippen LogP contribution >= 0.6 is 0 Å². The number of carboxylic acid groups (broad SMARTS) is 1. The Balaban J connectivity index is 1.90. The molecule has 1 aliphatic rings. The zero-order valence-electron chi connectivity index (χ0n) is 14.0. The third-order valence-corrected chi connectivity index (χ3v) is 5.18. The molecule has 0 radical (unpaired) electrons. The Kier molecular flexibility index (Phi) is 3.87. The highest BCUT2D eigenvalue weighted by Gasteiger charge is 2.66. The van der Waals surface area contributed by atoms with Gasteiger partial charge in [0.25, 0.3) is 5.91 Å². The smallest absolute Gasteiger partial charge is 0.330 e. The van der Waals surface area contributed by atoms with Crippen molar-refractivity contribution in [1.29, 1.82) is 0 Å².